The molecule has 0 spiro atoms. The zero-order chi connectivity index (χ0) is 17.8. The highest BCUT2D eigenvalue weighted by molar-refractivity contribution is 8.00. The van der Waals surface area contributed by atoms with E-state index in [1.807, 2.05) is 17.7 Å². The van der Waals surface area contributed by atoms with Crippen molar-refractivity contribution in [3.8, 4) is 5.69 Å². The quantitative estimate of drug-likeness (QED) is 0.805. The van der Waals surface area contributed by atoms with Gasteiger partial charge in [0.25, 0.3) is 0 Å². The van der Waals surface area contributed by atoms with Gasteiger partial charge in [0.2, 0.25) is 5.91 Å². The third kappa shape index (κ3) is 4.64. The highest BCUT2D eigenvalue weighted by Gasteiger charge is 2.21. The van der Waals surface area contributed by atoms with Crippen LogP contribution in [0.2, 0.25) is 0 Å². The third-order valence-corrected chi connectivity index (χ3v) is 5.35. The second-order valence-corrected chi connectivity index (χ2v) is 7.87. The van der Waals surface area contributed by atoms with Crippen molar-refractivity contribution in [1.29, 1.82) is 0 Å². The van der Waals surface area contributed by atoms with E-state index in [0.717, 1.165) is 30.3 Å². The number of hydrogen-bond acceptors (Lipinski definition) is 4. The number of benzene rings is 1. The van der Waals surface area contributed by atoms with Crippen molar-refractivity contribution < 1.29 is 9.53 Å². The summed E-state index contributed by atoms with van der Waals surface area (Å²) in [6.07, 6.45) is 5.99. The number of carbonyl (C=O) groups excluding carboxylic acids is 1. The van der Waals surface area contributed by atoms with Crippen molar-refractivity contribution >= 4 is 17.7 Å². The summed E-state index contributed by atoms with van der Waals surface area (Å²) in [6, 6.07) is 6.40. The minimum atomic E-state index is -0.214. The van der Waals surface area contributed by atoms with Gasteiger partial charge in [0.05, 0.1) is 11.4 Å². The molecule has 0 bridgehead atoms. The number of imidazole rings is 1. The fraction of sp³-hybridized carbons (Fsp3) is 0.474. The fourth-order valence-corrected chi connectivity index (χ4v) is 3.95. The number of nitrogens with one attached hydrogen (secondary N) is 1. The molecule has 1 N–H and O–H groups in total. The lowest BCUT2D eigenvalue weighted by molar-refractivity contribution is -0.120. The van der Waals surface area contributed by atoms with Crippen LogP contribution in [0.5, 0.6) is 0 Å². The van der Waals surface area contributed by atoms with Crippen LogP contribution in [0.25, 0.3) is 5.69 Å². The normalized spacial score (nSPS) is 18.3. The van der Waals surface area contributed by atoms with Gasteiger partial charge in [-0.1, -0.05) is 17.8 Å². The van der Waals surface area contributed by atoms with Crippen LogP contribution >= 0.6 is 11.8 Å². The molecule has 134 valence electrons. The molecule has 0 saturated carbocycles. The minimum absolute atomic E-state index is 0.0236. The molecule has 2 heterocycles. The molecule has 6 heteroatoms. The van der Waals surface area contributed by atoms with Crippen LogP contribution in [0.3, 0.4) is 0 Å². The molecule has 3 rings (SSSR count). The second-order valence-electron chi connectivity index (χ2n) is 6.57. The zero-order valence-electron chi connectivity index (χ0n) is 15.0. The minimum Gasteiger partial charge on any atom is -0.376 e. The number of amides is 1. The van der Waals surface area contributed by atoms with Gasteiger partial charge < -0.3 is 10.1 Å². The SMILES string of the molecule is Cc1cc(C)cc(-n2ccnc2SC(C)C(=O)NCC2CCCO2)c1. The lowest BCUT2D eigenvalue weighted by Gasteiger charge is -2.15. The van der Waals surface area contributed by atoms with E-state index in [0.29, 0.717) is 6.54 Å². The molecule has 2 aromatic rings. The van der Waals surface area contributed by atoms with Crippen LogP contribution in [-0.2, 0) is 9.53 Å². The van der Waals surface area contributed by atoms with E-state index >= 15 is 0 Å². The molecule has 0 aliphatic carbocycles. The fourth-order valence-electron chi connectivity index (χ4n) is 3.04. The van der Waals surface area contributed by atoms with E-state index < -0.39 is 0 Å². The summed E-state index contributed by atoms with van der Waals surface area (Å²) in [4.78, 5) is 16.8. The van der Waals surface area contributed by atoms with E-state index in [4.69, 9.17) is 4.74 Å². The van der Waals surface area contributed by atoms with Gasteiger partial charge in [0, 0.05) is 31.2 Å². The first-order valence-corrected chi connectivity index (χ1v) is 9.59. The molecule has 2 unspecified atom stereocenters. The largest absolute Gasteiger partial charge is 0.376 e. The van der Waals surface area contributed by atoms with E-state index in [2.05, 4.69) is 42.3 Å². The van der Waals surface area contributed by atoms with Crippen LogP contribution in [0.4, 0.5) is 0 Å². The van der Waals surface area contributed by atoms with Crippen LogP contribution in [0, 0.1) is 13.8 Å². The predicted molar refractivity (Wildman–Crippen MR) is 100 cm³/mol. The summed E-state index contributed by atoms with van der Waals surface area (Å²) in [6.45, 7) is 7.48. The van der Waals surface area contributed by atoms with Gasteiger partial charge >= 0.3 is 0 Å². The highest BCUT2D eigenvalue weighted by Crippen LogP contribution is 2.25. The Balaban J connectivity index is 1.64. The molecule has 1 aliphatic heterocycles. The van der Waals surface area contributed by atoms with E-state index in [9.17, 15) is 4.79 Å². The van der Waals surface area contributed by atoms with Gasteiger partial charge in [0.1, 0.15) is 0 Å². The van der Waals surface area contributed by atoms with E-state index in [1.165, 1.54) is 22.9 Å². The van der Waals surface area contributed by atoms with Crippen molar-refractivity contribution in [1.82, 2.24) is 14.9 Å². The molecule has 1 saturated heterocycles. The van der Waals surface area contributed by atoms with Gasteiger partial charge in [-0.05, 0) is 56.9 Å². The molecule has 1 aromatic heterocycles. The second kappa shape index (κ2) is 8.06. The summed E-state index contributed by atoms with van der Waals surface area (Å²) >= 11 is 1.47. The molecule has 25 heavy (non-hydrogen) atoms. The first-order valence-electron chi connectivity index (χ1n) is 8.71. The first kappa shape index (κ1) is 18.0. The summed E-state index contributed by atoms with van der Waals surface area (Å²) in [7, 11) is 0. The maximum absolute atomic E-state index is 12.4. The third-order valence-electron chi connectivity index (χ3n) is 4.27. The standard InChI is InChI=1S/C19H25N3O2S/c1-13-9-14(2)11-16(10-13)22-7-6-20-19(22)25-15(3)18(23)21-12-17-5-4-8-24-17/h6-7,9-11,15,17H,4-5,8,12H2,1-3H3,(H,21,23). The number of rotatable bonds is 6. The molecule has 5 nitrogen and oxygen atoms in total. The lowest BCUT2D eigenvalue weighted by atomic mass is 10.1. The maximum atomic E-state index is 12.4. The van der Waals surface area contributed by atoms with E-state index in [1.54, 1.807) is 6.20 Å². The van der Waals surface area contributed by atoms with Gasteiger partial charge in [-0.15, -0.1) is 0 Å². The number of carbonyl (C=O) groups is 1. The number of aryl methyl sites for hydroxylation is 2. The average molecular weight is 359 g/mol. The summed E-state index contributed by atoms with van der Waals surface area (Å²) in [5.74, 6) is 0.0236. The van der Waals surface area contributed by atoms with Crippen molar-refractivity contribution in [2.45, 2.75) is 50.1 Å². The highest BCUT2D eigenvalue weighted by atomic mass is 32.2. The lowest BCUT2D eigenvalue weighted by Crippen LogP contribution is -2.36. The van der Waals surface area contributed by atoms with Gasteiger partial charge in [-0.3, -0.25) is 9.36 Å². The molecule has 1 amide bonds. The van der Waals surface area contributed by atoms with Gasteiger partial charge in [-0.2, -0.15) is 0 Å². The molecule has 1 fully saturated rings. The number of hydrogen-bond donors (Lipinski definition) is 1. The number of aromatic nitrogens is 2. The van der Waals surface area contributed by atoms with Crippen molar-refractivity contribution in [2.75, 3.05) is 13.2 Å². The maximum Gasteiger partial charge on any atom is 0.233 e. The van der Waals surface area contributed by atoms with Crippen LogP contribution in [0.15, 0.2) is 35.7 Å². The summed E-state index contributed by atoms with van der Waals surface area (Å²) in [5, 5.41) is 3.60. The predicted octanol–water partition coefficient (Wildman–Crippen LogP) is 3.26. The molecule has 2 atom stereocenters. The van der Waals surface area contributed by atoms with Crippen molar-refractivity contribution in [3.05, 3.63) is 41.7 Å². The molecule has 1 aliphatic rings. The van der Waals surface area contributed by atoms with Crippen LogP contribution in [-0.4, -0.2) is 40.0 Å². The Morgan fingerprint density at radius 1 is 1.40 bits per heavy atom. The van der Waals surface area contributed by atoms with Gasteiger partial charge in [-0.25, -0.2) is 4.98 Å². The number of nitrogens with zero attached hydrogens (tertiary/aromatic N) is 2. The summed E-state index contributed by atoms with van der Waals surface area (Å²) in [5.41, 5.74) is 3.49. The number of thioether (sulfide) groups is 1. The molecule has 1 aromatic carbocycles. The Hall–Kier alpha value is -1.79. The zero-order valence-corrected chi connectivity index (χ0v) is 15.8. The van der Waals surface area contributed by atoms with Crippen molar-refractivity contribution in [3.63, 3.8) is 0 Å². The average Bonchev–Trinajstić information content (AvgIpc) is 3.23. The molecule has 0 radical (unpaired) electrons. The van der Waals surface area contributed by atoms with E-state index in [-0.39, 0.29) is 17.3 Å². The van der Waals surface area contributed by atoms with Crippen molar-refractivity contribution in [2.24, 2.45) is 0 Å². The Bertz CT molecular complexity index is 718. The Labute approximate surface area is 153 Å². The number of ether oxygens (including phenoxy) is 1. The Morgan fingerprint density at radius 3 is 2.84 bits per heavy atom. The Kier molecular flexibility index (Phi) is 5.81. The first-order chi connectivity index (χ1) is 12.0. The summed E-state index contributed by atoms with van der Waals surface area (Å²) < 4.78 is 7.59. The van der Waals surface area contributed by atoms with Gasteiger partial charge in [0.15, 0.2) is 5.16 Å². The monoisotopic (exact) mass is 359 g/mol. The van der Waals surface area contributed by atoms with Crippen LogP contribution < -0.4 is 5.32 Å². The molecular formula is C19H25N3O2S. The topological polar surface area (TPSA) is 56.2 Å². The van der Waals surface area contributed by atoms with Crippen LogP contribution in [0.1, 0.15) is 30.9 Å². The smallest absolute Gasteiger partial charge is 0.233 e. The molecular weight excluding hydrogens is 334 g/mol. The Morgan fingerprint density at radius 2 is 2.16 bits per heavy atom.